The molecule has 2 aliphatic rings. The maximum atomic E-state index is 12.4. The summed E-state index contributed by atoms with van der Waals surface area (Å²) in [5.74, 6) is -0.538. The lowest BCUT2D eigenvalue weighted by Crippen LogP contribution is -2.56. The number of hydrogen-bond acceptors (Lipinski definition) is 5. The van der Waals surface area contributed by atoms with Gasteiger partial charge in [-0.1, -0.05) is 12.1 Å². The summed E-state index contributed by atoms with van der Waals surface area (Å²) in [6.07, 6.45) is 2.27. The fourth-order valence-corrected chi connectivity index (χ4v) is 2.76. The minimum Gasteiger partial charge on any atom is -0.465 e. The molecule has 23 heavy (non-hydrogen) atoms. The molecule has 1 saturated heterocycles. The van der Waals surface area contributed by atoms with Gasteiger partial charge in [0.1, 0.15) is 5.54 Å². The Balaban J connectivity index is 0.00000192. The van der Waals surface area contributed by atoms with Crippen molar-refractivity contribution in [1.29, 1.82) is 0 Å². The molecule has 1 aromatic rings. The van der Waals surface area contributed by atoms with Crippen molar-refractivity contribution in [3.63, 3.8) is 0 Å². The Hall–Kier alpha value is -1.63. The van der Waals surface area contributed by atoms with Crippen LogP contribution in [0, 0.1) is 0 Å². The molecule has 1 heterocycles. The summed E-state index contributed by atoms with van der Waals surface area (Å²) in [7, 11) is 1.35. The Kier molecular flexibility index (Phi) is 4.98. The normalized spacial score (nSPS) is 24.4. The van der Waals surface area contributed by atoms with Gasteiger partial charge in [-0.2, -0.15) is 0 Å². The SMILES string of the molecule is COC(=O)c1ccc(C2(NC(=O)C3(N)CCOC3)CC2)cc1.Cl. The van der Waals surface area contributed by atoms with Crippen LogP contribution in [-0.4, -0.2) is 37.7 Å². The summed E-state index contributed by atoms with van der Waals surface area (Å²) in [6.45, 7) is 0.779. The van der Waals surface area contributed by atoms with Gasteiger partial charge in [0, 0.05) is 6.61 Å². The molecule has 3 rings (SSSR count). The van der Waals surface area contributed by atoms with Crippen molar-refractivity contribution in [3.8, 4) is 0 Å². The van der Waals surface area contributed by atoms with Crippen molar-refractivity contribution >= 4 is 24.3 Å². The smallest absolute Gasteiger partial charge is 0.337 e. The standard InChI is InChI=1S/C16H20N2O4.ClH/c1-21-13(19)11-2-4-12(5-3-11)16(6-7-16)18-14(20)15(17)8-9-22-10-15;/h2-5H,6-10,17H2,1H3,(H,18,20);1H. The molecular weight excluding hydrogens is 320 g/mol. The first kappa shape index (κ1) is 17.7. The van der Waals surface area contributed by atoms with Crippen molar-refractivity contribution in [2.75, 3.05) is 20.3 Å². The molecule has 0 radical (unpaired) electrons. The summed E-state index contributed by atoms with van der Waals surface area (Å²) in [4.78, 5) is 23.9. The van der Waals surface area contributed by atoms with Gasteiger partial charge in [0.05, 0.1) is 24.8 Å². The molecule has 1 aliphatic heterocycles. The number of hydrogen-bond donors (Lipinski definition) is 2. The summed E-state index contributed by atoms with van der Waals surface area (Å²) in [5.41, 5.74) is 6.29. The van der Waals surface area contributed by atoms with E-state index in [0.717, 1.165) is 18.4 Å². The Morgan fingerprint density at radius 1 is 1.22 bits per heavy atom. The molecule has 126 valence electrons. The average Bonchev–Trinajstić information content (AvgIpc) is 3.18. The number of nitrogens with one attached hydrogen (secondary N) is 1. The molecule has 1 unspecified atom stereocenters. The number of carbonyl (C=O) groups excluding carboxylic acids is 2. The van der Waals surface area contributed by atoms with E-state index in [1.807, 2.05) is 12.1 Å². The van der Waals surface area contributed by atoms with E-state index in [9.17, 15) is 9.59 Å². The van der Waals surface area contributed by atoms with Crippen LogP contribution >= 0.6 is 12.4 Å². The van der Waals surface area contributed by atoms with E-state index in [0.29, 0.717) is 18.6 Å². The number of halogens is 1. The Morgan fingerprint density at radius 2 is 1.87 bits per heavy atom. The number of methoxy groups -OCH3 is 1. The monoisotopic (exact) mass is 340 g/mol. The van der Waals surface area contributed by atoms with E-state index >= 15 is 0 Å². The largest absolute Gasteiger partial charge is 0.465 e. The summed E-state index contributed by atoms with van der Waals surface area (Å²) in [6, 6.07) is 7.14. The number of amides is 1. The quantitative estimate of drug-likeness (QED) is 0.801. The Labute approximate surface area is 141 Å². The molecule has 1 aliphatic carbocycles. The molecular formula is C16H21ClN2O4. The molecule has 7 heteroatoms. The Morgan fingerprint density at radius 3 is 2.35 bits per heavy atom. The van der Waals surface area contributed by atoms with Crippen LogP contribution < -0.4 is 11.1 Å². The number of rotatable bonds is 4. The van der Waals surface area contributed by atoms with Gasteiger partial charge >= 0.3 is 5.97 Å². The third-order valence-electron chi connectivity index (χ3n) is 4.47. The lowest BCUT2D eigenvalue weighted by Gasteiger charge is -2.26. The highest BCUT2D eigenvalue weighted by Crippen LogP contribution is 2.46. The Bertz CT molecular complexity index is 593. The second-order valence-electron chi connectivity index (χ2n) is 6.06. The third-order valence-corrected chi connectivity index (χ3v) is 4.47. The van der Waals surface area contributed by atoms with E-state index in [1.165, 1.54) is 7.11 Å². The molecule has 1 amide bonds. The number of esters is 1. The van der Waals surface area contributed by atoms with Crippen molar-refractivity contribution in [2.45, 2.75) is 30.3 Å². The number of benzene rings is 1. The van der Waals surface area contributed by atoms with Crippen LogP contribution in [0.5, 0.6) is 0 Å². The van der Waals surface area contributed by atoms with Crippen LogP contribution in [0.2, 0.25) is 0 Å². The van der Waals surface area contributed by atoms with Crippen molar-refractivity contribution in [3.05, 3.63) is 35.4 Å². The van der Waals surface area contributed by atoms with E-state index < -0.39 is 5.54 Å². The molecule has 0 bridgehead atoms. The maximum absolute atomic E-state index is 12.4. The van der Waals surface area contributed by atoms with Gasteiger partial charge in [0.15, 0.2) is 0 Å². The minimum atomic E-state index is -0.929. The molecule has 0 spiro atoms. The molecule has 2 fully saturated rings. The van der Waals surface area contributed by atoms with Crippen molar-refractivity contribution in [1.82, 2.24) is 5.32 Å². The van der Waals surface area contributed by atoms with Gasteiger partial charge < -0.3 is 20.5 Å². The zero-order chi connectivity index (χ0) is 15.8. The van der Waals surface area contributed by atoms with E-state index in [4.69, 9.17) is 10.5 Å². The third kappa shape index (κ3) is 3.34. The average molecular weight is 341 g/mol. The zero-order valence-electron chi connectivity index (χ0n) is 13.0. The molecule has 3 N–H and O–H groups in total. The topological polar surface area (TPSA) is 90.7 Å². The lowest BCUT2D eigenvalue weighted by atomic mass is 9.96. The molecule has 6 nitrogen and oxygen atoms in total. The highest BCUT2D eigenvalue weighted by Gasteiger charge is 2.49. The van der Waals surface area contributed by atoms with Crippen LogP contribution in [0.15, 0.2) is 24.3 Å². The number of ether oxygens (including phenoxy) is 2. The van der Waals surface area contributed by atoms with Crippen LogP contribution in [0.3, 0.4) is 0 Å². The highest BCUT2D eigenvalue weighted by atomic mass is 35.5. The zero-order valence-corrected chi connectivity index (χ0v) is 13.8. The summed E-state index contributed by atoms with van der Waals surface area (Å²) in [5, 5.41) is 3.07. The number of nitrogens with two attached hydrogens (primary N) is 1. The van der Waals surface area contributed by atoms with E-state index in [-0.39, 0.29) is 36.4 Å². The first-order valence-electron chi connectivity index (χ1n) is 7.37. The van der Waals surface area contributed by atoms with Gasteiger partial charge in [0.25, 0.3) is 0 Å². The highest BCUT2D eigenvalue weighted by molar-refractivity contribution is 5.89. The minimum absolute atomic E-state index is 0. The first-order valence-corrected chi connectivity index (χ1v) is 7.37. The van der Waals surface area contributed by atoms with E-state index in [1.54, 1.807) is 12.1 Å². The maximum Gasteiger partial charge on any atom is 0.337 e. The van der Waals surface area contributed by atoms with Gasteiger partial charge in [-0.05, 0) is 37.0 Å². The fourth-order valence-electron chi connectivity index (χ4n) is 2.76. The van der Waals surface area contributed by atoms with Crippen LogP contribution in [0.1, 0.15) is 35.2 Å². The van der Waals surface area contributed by atoms with Crippen molar-refractivity contribution < 1.29 is 19.1 Å². The van der Waals surface area contributed by atoms with Gasteiger partial charge in [-0.3, -0.25) is 4.79 Å². The molecule has 0 aromatic heterocycles. The second kappa shape index (κ2) is 6.47. The van der Waals surface area contributed by atoms with Crippen molar-refractivity contribution in [2.24, 2.45) is 5.73 Å². The van der Waals surface area contributed by atoms with Gasteiger partial charge in [0.2, 0.25) is 5.91 Å². The van der Waals surface area contributed by atoms with Crippen LogP contribution in [-0.2, 0) is 19.8 Å². The van der Waals surface area contributed by atoms with E-state index in [2.05, 4.69) is 10.1 Å². The molecule has 1 saturated carbocycles. The predicted octanol–water partition coefficient (Wildman–Crippen LogP) is 1.12. The lowest BCUT2D eigenvalue weighted by molar-refractivity contribution is -0.127. The summed E-state index contributed by atoms with van der Waals surface area (Å²) < 4.78 is 9.92. The fraction of sp³-hybridized carbons (Fsp3) is 0.500. The first-order chi connectivity index (χ1) is 10.5. The molecule has 1 atom stereocenters. The van der Waals surface area contributed by atoms with Gasteiger partial charge in [-0.15, -0.1) is 12.4 Å². The molecule has 1 aromatic carbocycles. The van der Waals surface area contributed by atoms with Gasteiger partial charge in [-0.25, -0.2) is 4.79 Å². The second-order valence-corrected chi connectivity index (χ2v) is 6.06. The van der Waals surface area contributed by atoms with Crippen LogP contribution in [0.25, 0.3) is 0 Å². The van der Waals surface area contributed by atoms with Crippen LogP contribution in [0.4, 0.5) is 0 Å². The predicted molar refractivity (Wildman–Crippen MR) is 86.4 cm³/mol. The number of carbonyl (C=O) groups is 2. The summed E-state index contributed by atoms with van der Waals surface area (Å²) >= 11 is 0.